The van der Waals surface area contributed by atoms with Crippen molar-refractivity contribution in [2.75, 3.05) is 25.0 Å². The van der Waals surface area contributed by atoms with Gasteiger partial charge < -0.3 is 4.90 Å². The van der Waals surface area contributed by atoms with Gasteiger partial charge in [-0.1, -0.05) is 59.7 Å². The van der Waals surface area contributed by atoms with Crippen LogP contribution in [0.3, 0.4) is 0 Å². The summed E-state index contributed by atoms with van der Waals surface area (Å²) in [5.41, 5.74) is 2.05. The molecule has 0 fully saturated rings. The summed E-state index contributed by atoms with van der Waals surface area (Å²) in [4.78, 5) is 32.9. The highest BCUT2D eigenvalue weighted by Gasteiger charge is 2.31. The fraction of sp³-hybridized carbons (Fsp3) is 0.636. The van der Waals surface area contributed by atoms with E-state index in [1.807, 2.05) is 77.6 Å². The maximum Gasteiger partial charge on any atom is 0.236 e. The van der Waals surface area contributed by atoms with E-state index in [9.17, 15) is 9.59 Å². The zero-order chi connectivity index (χ0) is 30.0. The summed E-state index contributed by atoms with van der Waals surface area (Å²) in [5.74, 6) is 0.210. The molecule has 6 heteroatoms. The van der Waals surface area contributed by atoms with Gasteiger partial charge in [0.1, 0.15) is 0 Å². The van der Waals surface area contributed by atoms with E-state index in [1.165, 1.54) is 0 Å². The van der Waals surface area contributed by atoms with E-state index in [0.717, 1.165) is 36.6 Å². The second-order valence-electron chi connectivity index (χ2n) is 14.9. The van der Waals surface area contributed by atoms with Gasteiger partial charge in [-0.25, -0.2) is 0 Å². The molecule has 0 radical (unpaired) electrons. The molecule has 2 aromatic rings. The SMILES string of the molecule is CN(C(=O)C(C)(C)C)c1ccccc1CN(CCN(Cc1cccn1C(=O)C(C)(C)C)C(C)(C)C)C(C)(C)C. The second kappa shape index (κ2) is 12.0. The molecule has 0 saturated heterocycles. The van der Waals surface area contributed by atoms with Gasteiger partial charge in [-0.3, -0.25) is 24.0 Å². The molecule has 218 valence electrons. The van der Waals surface area contributed by atoms with Crippen molar-refractivity contribution in [3.05, 3.63) is 53.9 Å². The molecule has 0 atom stereocenters. The van der Waals surface area contributed by atoms with E-state index >= 15 is 0 Å². The minimum Gasteiger partial charge on any atom is -0.315 e. The van der Waals surface area contributed by atoms with Gasteiger partial charge in [0.15, 0.2) is 0 Å². The number of hydrogen-bond acceptors (Lipinski definition) is 4. The zero-order valence-corrected chi connectivity index (χ0v) is 27.0. The van der Waals surface area contributed by atoms with Crippen molar-refractivity contribution in [1.29, 1.82) is 0 Å². The minimum absolute atomic E-state index is 0.0777. The van der Waals surface area contributed by atoms with Gasteiger partial charge in [-0.15, -0.1) is 0 Å². The van der Waals surface area contributed by atoms with Crippen LogP contribution in [0, 0.1) is 10.8 Å². The van der Waals surface area contributed by atoms with E-state index in [4.69, 9.17) is 0 Å². The van der Waals surface area contributed by atoms with Gasteiger partial charge in [0.05, 0.1) is 0 Å². The number of aromatic nitrogens is 1. The quantitative estimate of drug-likeness (QED) is 0.360. The molecule has 0 saturated carbocycles. The third-order valence-electron chi connectivity index (χ3n) is 7.24. The number of hydrogen-bond donors (Lipinski definition) is 0. The molecule has 0 aliphatic carbocycles. The molecule has 0 aliphatic rings. The van der Waals surface area contributed by atoms with Gasteiger partial charge in [0.2, 0.25) is 11.8 Å². The summed E-state index contributed by atoms with van der Waals surface area (Å²) >= 11 is 0. The standard InChI is InChI=1S/C33H54N4O2/c1-30(2,3)28(38)34(13)27-19-15-14-17-25(27)23-35(32(7,8)9)21-22-36(33(10,11)12)24-26-18-16-20-37(26)29(39)31(4,5)6/h14-20H,21-24H2,1-13H3. The maximum atomic E-state index is 13.1. The fourth-order valence-electron chi connectivity index (χ4n) is 4.63. The highest BCUT2D eigenvalue weighted by molar-refractivity contribution is 5.97. The Hall–Kier alpha value is -2.44. The largest absolute Gasteiger partial charge is 0.315 e. The Bertz CT molecular complexity index is 1120. The number of para-hydroxylation sites is 1. The molecule has 0 aliphatic heterocycles. The summed E-state index contributed by atoms with van der Waals surface area (Å²) in [7, 11) is 1.88. The third kappa shape index (κ3) is 8.77. The molecule has 0 unspecified atom stereocenters. The van der Waals surface area contributed by atoms with Crippen LogP contribution in [0.1, 0.15) is 99.1 Å². The first kappa shape index (κ1) is 32.8. The highest BCUT2D eigenvalue weighted by atomic mass is 16.2. The summed E-state index contributed by atoms with van der Waals surface area (Å²) in [6.45, 7) is 28.3. The first-order valence-corrected chi connectivity index (χ1v) is 14.2. The number of rotatable bonds is 8. The lowest BCUT2D eigenvalue weighted by atomic mass is 9.94. The van der Waals surface area contributed by atoms with Crippen molar-refractivity contribution in [3.63, 3.8) is 0 Å². The predicted molar refractivity (Wildman–Crippen MR) is 164 cm³/mol. The van der Waals surface area contributed by atoms with Crippen molar-refractivity contribution >= 4 is 17.5 Å². The monoisotopic (exact) mass is 538 g/mol. The topological polar surface area (TPSA) is 48.8 Å². The summed E-state index contributed by atoms with van der Waals surface area (Å²) in [6, 6.07) is 12.3. The van der Waals surface area contributed by atoms with Crippen LogP contribution in [-0.2, 0) is 17.9 Å². The van der Waals surface area contributed by atoms with Crippen LogP contribution in [-0.4, -0.2) is 57.4 Å². The van der Waals surface area contributed by atoms with Crippen LogP contribution in [0.4, 0.5) is 5.69 Å². The van der Waals surface area contributed by atoms with Crippen LogP contribution in [0.2, 0.25) is 0 Å². The van der Waals surface area contributed by atoms with E-state index < -0.39 is 10.8 Å². The maximum absolute atomic E-state index is 13.1. The molecule has 39 heavy (non-hydrogen) atoms. The van der Waals surface area contributed by atoms with Crippen molar-refractivity contribution in [3.8, 4) is 0 Å². The molecule has 2 rings (SSSR count). The Kier molecular flexibility index (Phi) is 10.1. The van der Waals surface area contributed by atoms with Crippen LogP contribution < -0.4 is 4.90 Å². The second-order valence-corrected chi connectivity index (χ2v) is 14.9. The minimum atomic E-state index is -0.454. The molecule has 6 nitrogen and oxygen atoms in total. The van der Waals surface area contributed by atoms with Crippen LogP contribution >= 0.6 is 0 Å². The van der Waals surface area contributed by atoms with E-state index in [0.29, 0.717) is 6.54 Å². The molecule has 0 bridgehead atoms. The Morgan fingerprint density at radius 3 is 1.69 bits per heavy atom. The smallest absolute Gasteiger partial charge is 0.236 e. The molecule has 0 spiro atoms. The molecule has 0 N–H and O–H groups in total. The van der Waals surface area contributed by atoms with Gasteiger partial charge in [-0.05, 0) is 65.3 Å². The molecular formula is C33H54N4O2. The van der Waals surface area contributed by atoms with Gasteiger partial charge in [0, 0.05) is 72.7 Å². The molecule has 1 aromatic carbocycles. The van der Waals surface area contributed by atoms with Crippen molar-refractivity contribution < 1.29 is 9.59 Å². The summed E-state index contributed by atoms with van der Waals surface area (Å²) in [6.07, 6.45) is 1.89. The van der Waals surface area contributed by atoms with Gasteiger partial charge in [-0.2, -0.15) is 0 Å². The molecule has 1 heterocycles. The predicted octanol–water partition coefficient (Wildman–Crippen LogP) is 7.08. The number of carbonyl (C=O) groups excluding carboxylic acids is 2. The number of carbonyl (C=O) groups is 2. The van der Waals surface area contributed by atoms with Crippen molar-refractivity contribution in [2.45, 2.75) is 107 Å². The summed E-state index contributed by atoms with van der Waals surface area (Å²) in [5, 5.41) is 0. The van der Waals surface area contributed by atoms with Crippen molar-refractivity contribution in [1.82, 2.24) is 14.4 Å². The zero-order valence-electron chi connectivity index (χ0n) is 27.0. The van der Waals surface area contributed by atoms with Crippen LogP contribution in [0.15, 0.2) is 42.6 Å². The molecule has 1 amide bonds. The Labute approximate surface area is 238 Å². The first-order chi connectivity index (χ1) is 17.6. The lowest BCUT2D eigenvalue weighted by molar-refractivity contribution is -0.125. The van der Waals surface area contributed by atoms with Gasteiger partial charge >= 0.3 is 0 Å². The Balaban J connectivity index is 2.31. The highest BCUT2D eigenvalue weighted by Crippen LogP contribution is 2.29. The fourth-order valence-corrected chi connectivity index (χ4v) is 4.63. The molecular weight excluding hydrogens is 484 g/mol. The summed E-state index contributed by atoms with van der Waals surface area (Å²) < 4.78 is 1.82. The van der Waals surface area contributed by atoms with E-state index in [1.54, 1.807) is 4.90 Å². The molecule has 1 aromatic heterocycles. The lowest BCUT2D eigenvalue weighted by Gasteiger charge is -2.41. The average Bonchev–Trinajstić information content (AvgIpc) is 3.24. The Morgan fingerprint density at radius 1 is 0.692 bits per heavy atom. The number of anilines is 1. The number of benzene rings is 1. The van der Waals surface area contributed by atoms with Gasteiger partial charge in [0.25, 0.3) is 0 Å². The van der Waals surface area contributed by atoms with Crippen molar-refractivity contribution in [2.24, 2.45) is 10.8 Å². The lowest BCUT2D eigenvalue weighted by Crippen LogP contribution is -2.49. The van der Waals surface area contributed by atoms with Crippen LogP contribution in [0.5, 0.6) is 0 Å². The van der Waals surface area contributed by atoms with E-state index in [2.05, 4.69) is 69.5 Å². The number of nitrogens with zero attached hydrogens (tertiary/aromatic N) is 4. The third-order valence-corrected chi connectivity index (χ3v) is 7.24. The number of amides is 1. The first-order valence-electron chi connectivity index (χ1n) is 14.2. The average molecular weight is 539 g/mol. The normalized spacial score (nSPS) is 13.3. The van der Waals surface area contributed by atoms with E-state index in [-0.39, 0.29) is 22.9 Å². The van der Waals surface area contributed by atoms with Crippen LogP contribution in [0.25, 0.3) is 0 Å². The Morgan fingerprint density at radius 2 is 1.21 bits per heavy atom.